The highest BCUT2D eigenvalue weighted by Gasteiger charge is 2.37. The van der Waals surface area contributed by atoms with Crippen molar-refractivity contribution in [3.05, 3.63) is 0 Å². The van der Waals surface area contributed by atoms with E-state index in [0.717, 1.165) is 19.3 Å². The van der Waals surface area contributed by atoms with Gasteiger partial charge in [0.05, 0.1) is 8.80 Å². The summed E-state index contributed by atoms with van der Waals surface area (Å²) in [4.78, 5) is 5.33. The predicted octanol–water partition coefficient (Wildman–Crippen LogP) is 2.16. The first kappa shape index (κ1) is 18.1. The van der Waals surface area contributed by atoms with Crippen LogP contribution >= 0.6 is 0 Å². The van der Waals surface area contributed by atoms with E-state index in [1.54, 1.807) is 0 Å². The summed E-state index contributed by atoms with van der Waals surface area (Å²) in [6.07, 6.45) is 0.0135. The molecule has 1 aliphatic rings. The van der Waals surface area contributed by atoms with Gasteiger partial charge in [-0.1, -0.05) is 26.8 Å². The Labute approximate surface area is 127 Å². The van der Waals surface area contributed by atoms with Crippen LogP contribution in [0.3, 0.4) is 0 Å². The van der Waals surface area contributed by atoms with Gasteiger partial charge in [-0.2, -0.15) is 0 Å². The zero-order valence-corrected chi connectivity index (χ0v) is 15.3. The Kier molecular flexibility index (Phi) is 8.96. The zero-order chi connectivity index (χ0) is 15.0. The van der Waals surface area contributed by atoms with Crippen molar-refractivity contribution >= 4 is 8.80 Å². The molecule has 20 heavy (non-hydrogen) atoms. The van der Waals surface area contributed by atoms with E-state index in [-0.39, 0.29) is 6.29 Å². The molecule has 1 rings (SSSR count). The van der Waals surface area contributed by atoms with E-state index in [9.17, 15) is 0 Å². The van der Waals surface area contributed by atoms with Crippen LogP contribution in [0.2, 0.25) is 12.1 Å². The minimum Gasteiger partial charge on any atom is -0.353 e. The molecule has 0 saturated carbocycles. The molecule has 0 spiro atoms. The smallest absolute Gasteiger partial charge is 0.155 e. The highest BCUT2D eigenvalue weighted by Crippen LogP contribution is 2.23. The van der Waals surface area contributed by atoms with Gasteiger partial charge in [0.25, 0.3) is 0 Å². The molecule has 1 aliphatic heterocycles. The lowest BCUT2D eigenvalue weighted by Gasteiger charge is -2.36. The summed E-state index contributed by atoms with van der Waals surface area (Å²) in [6, 6.07) is 2.45. The van der Waals surface area contributed by atoms with Crippen LogP contribution in [0.4, 0.5) is 0 Å². The number of ether oxygens (including phenoxy) is 2. The van der Waals surface area contributed by atoms with Gasteiger partial charge in [0, 0.05) is 32.1 Å². The minimum atomic E-state index is -0.936. The number of nitrogens with zero attached hydrogens (tertiary/aromatic N) is 2. The van der Waals surface area contributed by atoms with Crippen molar-refractivity contribution in [3.8, 4) is 0 Å². The Bertz CT molecular complexity index is 238. The van der Waals surface area contributed by atoms with Gasteiger partial charge >= 0.3 is 0 Å². The van der Waals surface area contributed by atoms with Gasteiger partial charge < -0.3 is 9.47 Å². The van der Waals surface area contributed by atoms with Gasteiger partial charge in [-0.3, -0.25) is 9.80 Å². The van der Waals surface area contributed by atoms with Gasteiger partial charge in [0.15, 0.2) is 6.29 Å². The summed E-state index contributed by atoms with van der Waals surface area (Å²) < 4.78 is 11.6. The van der Waals surface area contributed by atoms with E-state index in [4.69, 9.17) is 9.47 Å². The first-order valence-electron chi connectivity index (χ1n) is 8.42. The van der Waals surface area contributed by atoms with Crippen LogP contribution in [-0.4, -0.2) is 70.1 Å². The Morgan fingerprint density at radius 2 is 1.45 bits per heavy atom. The van der Waals surface area contributed by atoms with Crippen LogP contribution in [0.15, 0.2) is 0 Å². The molecule has 1 heterocycles. The molecule has 0 aromatic heterocycles. The molecule has 120 valence electrons. The van der Waals surface area contributed by atoms with Crippen molar-refractivity contribution in [2.75, 3.05) is 39.4 Å². The Morgan fingerprint density at radius 1 is 0.950 bits per heavy atom. The van der Waals surface area contributed by atoms with Crippen LogP contribution in [0.25, 0.3) is 0 Å². The summed E-state index contributed by atoms with van der Waals surface area (Å²) in [7, 11) is -0.936. The Morgan fingerprint density at radius 3 is 1.80 bits per heavy atom. The second-order valence-electron chi connectivity index (χ2n) is 5.42. The predicted molar refractivity (Wildman–Crippen MR) is 87.8 cm³/mol. The summed E-state index contributed by atoms with van der Waals surface area (Å²) in [6.45, 7) is 17.3. The van der Waals surface area contributed by atoms with Gasteiger partial charge in [-0.15, -0.1) is 0 Å². The lowest BCUT2D eigenvalue weighted by atomic mass is 10.6. The molecule has 1 saturated heterocycles. The number of hydrogen-bond acceptors (Lipinski definition) is 4. The van der Waals surface area contributed by atoms with Gasteiger partial charge in [-0.05, 0) is 33.0 Å². The van der Waals surface area contributed by atoms with Crippen molar-refractivity contribution in [2.45, 2.75) is 58.8 Å². The van der Waals surface area contributed by atoms with Crippen LogP contribution in [0, 0.1) is 0 Å². The van der Waals surface area contributed by atoms with E-state index < -0.39 is 8.80 Å². The molecule has 0 bridgehead atoms. The number of hydrogen-bond donors (Lipinski definition) is 0. The van der Waals surface area contributed by atoms with Crippen molar-refractivity contribution < 1.29 is 9.47 Å². The molecule has 1 atom stereocenters. The second-order valence-corrected chi connectivity index (χ2v) is 8.82. The van der Waals surface area contributed by atoms with E-state index >= 15 is 0 Å². The van der Waals surface area contributed by atoms with Crippen LogP contribution < -0.4 is 0 Å². The maximum atomic E-state index is 5.79. The molecule has 4 nitrogen and oxygen atoms in total. The lowest BCUT2D eigenvalue weighted by Crippen LogP contribution is -2.51. The third-order valence-corrected chi connectivity index (χ3v) is 8.11. The number of rotatable bonds is 10. The zero-order valence-electron chi connectivity index (χ0n) is 14.1. The first-order valence-corrected chi connectivity index (χ1v) is 10.7. The Balaban J connectivity index is 2.70. The molecule has 0 aromatic carbocycles. The van der Waals surface area contributed by atoms with Crippen molar-refractivity contribution in [1.82, 2.24) is 9.80 Å². The van der Waals surface area contributed by atoms with Crippen LogP contribution in [0.5, 0.6) is 0 Å². The number of likely N-dealkylation sites (N-methyl/N-ethyl adjacent to an activating group) is 2. The average Bonchev–Trinajstić information content (AvgIpc) is 2.87. The maximum absolute atomic E-state index is 5.79. The topological polar surface area (TPSA) is 24.9 Å². The Hall–Kier alpha value is 0.0569. The molecule has 0 N–H and O–H groups in total. The summed E-state index contributed by atoms with van der Waals surface area (Å²) in [5, 5.41) is 0. The van der Waals surface area contributed by atoms with Gasteiger partial charge in [-0.25, -0.2) is 0 Å². The first-order chi connectivity index (χ1) is 9.71. The summed E-state index contributed by atoms with van der Waals surface area (Å²) in [5.74, 6) is 0.693. The molecule has 5 heteroatoms. The average molecular weight is 303 g/mol. The highest BCUT2D eigenvalue weighted by molar-refractivity contribution is 6.60. The van der Waals surface area contributed by atoms with Gasteiger partial charge in [0.2, 0.25) is 0 Å². The lowest BCUT2D eigenvalue weighted by molar-refractivity contribution is -0.124. The SMILES string of the molecule is CCOC(C[SiH](CC)C1N(CC)CCN1CC)OCC. The van der Waals surface area contributed by atoms with Crippen LogP contribution in [0.1, 0.15) is 34.6 Å². The fourth-order valence-corrected chi connectivity index (χ4v) is 7.02. The highest BCUT2D eigenvalue weighted by atomic mass is 28.3. The van der Waals surface area contributed by atoms with Crippen LogP contribution in [-0.2, 0) is 9.47 Å². The fourth-order valence-electron chi connectivity index (χ4n) is 3.34. The molecule has 0 amide bonds. The van der Waals surface area contributed by atoms with Crippen molar-refractivity contribution in [1.29, 1.82) is 0 Å². The molecular formula is C15H34N2O2Si. The quantitative estimate of drug-likeness (QED) is 0.456. The summed E-state index contributed by atoms with van der Waals surface area (Å²) in [5.41, 5.74) is 0. The minimum absolute atomic E-state index is 0.0135. The third kappa shape index (κ3) is 4.81. The van der Waals surface area contributed by atoms with E-state index in [1.807, 2.05) is 0 Å². The summed E-state index contributed by atoms with van der Waals surface area (Å²) >= 11 is 0. The molecule has 0 aromatic rings. The standard InChI is InChI=1S/C15H34N2O2Si/c1-6-16-11-12-17(7-2)15(16)20(10-5)13-14(18-8-3)19-9-4/h14-15,20H,6-13H2,1-5H3. The normalized spacial score (nSPS) is 20.1. The molecule has 0 radical (unpaired) electrons. The molecule has 1 fully saturated rings. The van der Waals surface area contributed by atoms with Gasteiger partial charge in [0.1, 0.15) is 0 Å². The largest absolute Gasteiger partial charge is 0.353 e. The molecule has 1 unspecified atom stereocenters. The van der Waals surface area contributed by atoms with E-state index in [1.165, 1.54) is 32.2 Å². The second kappa shape index (κ2) is 9.90. The maximum Gasteiger partial charge on any atom is 0.155 e. The molecular weight excluding hydrogens is 268 g/mol. The third-order valence-electron chi connectivity index (χ3n) is 4.38. The van der Waals surface area contributed by atoms with Crippen molar-refractivity contribution in [3.63, 3.8) is 0 Å². The van der Waals surface area contributed by atoms with E-state index in [2.05, 4.69) is 44.4 Å². The van der Waals surface area contributed by atoms with E-state index in [0.29, 0.717) is 5.79 Å². The fraction of sp³-hybridized carbons (Fsp3) is 1.00. The molecule has 0 aliphatic carbocycles. The monoisotopic (exact) mass is 302 g/mol. The van der Waals surface area contributed by atoms with Crippen molar-refractivity contribution in [2.24, 2.45) is 0 Å².